The summed E-state index contributed by atoms with van der Waals surface area (Å²) >= 11 is 12.3. The van der Waals surface area contributed by atoms with Crippen LogP contribution in [-0.4, -0.2) is 4.57 Å². The summed E-state index contributed by atoms with van der Waals surface area (Å²) in [7, 11) is 4.09. The minimum absolute atomic E-state index is 0.648. The fourth-order valence-corrected chi connectivity index (χ4v) is 3.01. The van der Waals surface area contributed by atoms with Crippen molar-refractivity contribution in [1.29, 1.82) is 0 Å². The van der Waals surface area contributed by atoms with E-state index in [1.54, 1.807) is 6.07 Å². The molecule has 0 bridgehead atoms. The fraction of sp³-hybridized carbons (Fsp3) is 0.133. The van der Waals surface area contributed by atoms with E-state index < -0.39 is 0 Å². The Hall–Kier alpha value is -1.51. The lowest BCUT2D eigenvalue weighted by Gasteiger charge is -2.02. The molecule has 2 nitrogen and oxygen atoms in total. The van der Waals surface area contributed by atoms with E-state index in [1.807, 2.05) is 38.4 Å². The van der Waals surface area contributed by atoms with Crippen molar-refractivity contribution in [2.24, 2.45) is 14.1 Å². The molecule has 0 aliphatic heterocycles. The number of fused-ring (bicyclic) bond motifs is 1. The molecule has 0 saturated carbocycles. The first kappa shape index (κ1) is 12.5. The van der Waals surface area contributed by atoms with Gasteiger partial charge in [-0.05, 0) is 30.3 Å². The van der Waals surface area contributed by atoms with E-state index in [0.29, 0.717) is 10.0 Å². The maximum atomic E-state index is 6.32. The molecule has 0 saturated heterocycles. The van der Waals surface area contributed by atoms with E-state index in [9.17, 15) is 0 Å². The Morgan fingerprint density at radius 3 is 2.47 bits per heavy atom. The van der Waals surface area contributed by atoms with Gasteiger partial charge in [-0.15, -0.1) is 0 Å². The van der Waals surface area contributed by atoms with Crippen LogP contribution < -0.4 is 4.57 Å². The Labute approximate surface area is 121 Å². The van der Waals surface area contributed by atoms with Gasteiger partial charge in [-0.25, -0.2) is 9.13 Å². The van der Waals surface area contributed by atoms with Gasteiger partial charge in [0.1, 0.15) is 0 Å². The van der Waals surface area contributed by atoms with Crippen LogP contribution in [-0.2, 0) is 14.1 Å². The zero-order valence-electron chi connectivity index (χ0n) is 10.7. The molecule has 4 heteroatoms. The summed E-state index contributed by atoms with van der Waals surface area (Å²) in [5.74, 6) is 1.06. The molecular formula is C15H13Cl2N2+. The third-order valence-corrected chi connectivity index (χ3v) is 3.96. The van der Waals surface area contributed by atoms with Gasteiger partial charge in [-0.3, -0.25) is 0 Å². The highest BCUT2D eigenvalue weighted by Gasteiger charge is 2.23. The molecule has 1 aromatic heterocycles. The standard InChI is InChI=1S/C15H13Cl2N2/c1-18-13-5-3-4-6-14(13)19(2)15(18)11-8-7-10(16)9-12(11)17/h3-9H,1-2H3/q+1. The Bertz CT molecular complexity index is 736. The molecule has 1 heterocycles. The topological polar surface area (TPSA) is 8.81 Å². The van der Waals surface area contributed by atoms with Crippen molar-refractivity contribution >= 4 is 34.2 Å². The first-order valence-electron chi connectivity index (χ1n) is 5.98. The highest BCUT2D eigenvalue weighted by atomic mass is 35.5. The van der Waals surface area contributed by atoms with Crippen LogP contribution in [0.3, 0.4) is 0 Å². The molecule has 0 unspecified atom stereocenters. The Morgan fingerprint density at radius 1 is 1.05 bits per heavy atom. The van der Waals surface area contributed by atoms with Crippen molar-refractivity contribution in [2.75, 3.05) is 0 Å². The second-order valence-corrected chi connectivity index (χ2v) is 5.40. The van der Waals surface area contributed by atoms with Crippen LogP contribution in [0.1, 0.15) is 0 Å². The molecule has 19 heavy (non-hydrogen) atoms. The summed E-state index contributed by atoms with van der Waals surface area (Å²) in [4.78, 5) is 0. The van der Waals surface area contributed by atoms with Crippen LogP contribution >= 0.6 is 23.2 Å². The lowest BCUT2D eigenvalue weighted by atomic mass is 10.2. The van der Waals surface area contributed by atoms with E-state index in [-0.39, 0.29) is 0 Å². The van der Waals surface area contributed by atoms with Crippen molar-refractivity contribution in [3.63, 3.8) is 0 Å². The zero-order chi connectivity index (χ0) is 13.6. The van der Waals surface area contributed by atoms with E-state index in [4.69, 9.17) is 23.2 Å². The predicted octanol–water partition coefficient (Wildman–Crippen LogP) is 3.98. The molecule has 96 valence electrons. The van der Waals surface area contributed by atoms with Crippen LogP contribution in [0.5, 0.6) is 0 Å². The molecule has 0 atom stereocenters. The van der Waals surface area contributed by atoms with Crippen LogP contribution in [0.25, 0.3) is 22.4 Å². The number of imidazole rings is 1. The van der Waals surface area contributed by atoms with Gasteiger partial charge in [0.15, 0.2) is 11.0 Å². The van der Waals surface area contributed by atoms with Gasteiger partial charge in [0, 0.05) is 5.02 Å². The lowest BCUT2D eigenvalue weighted by Crippen LogP contribution is -2.30. The number of hydrogen-bond acceptors (Lipinski definition) is 0. The number of para-hydroxylation sites is 2. The first-order valence-corrected chi connectivity index (χ1v) is 6.74. The third kappa shape index (κ3) is 1.92. The molecular weight excluding hydrogens is 279 g/mol. The second-order valence-electron chi connectivity index (χ2n) is 4.55. The van der Waals surface area contributed by atoms with Gasteiger partial charge < -0.3 is 0 Å². The molecule has 0 aliphatic carbocycles. The fourth-order valence-electron chi connectivity index (χ4n) is 2.52. The van der Waals surface area contributed by atoms with Crippen LogP contribution in [0, 0.1) is 0 Å². The molecule has 0 spiro atoms. The SMILES string of the molecule is Cn1c(-c2ccc(Cl)cc2Cl)[n+](C)c2ccccc21. The molecule has 0 N–H and O–H groups in total. The number of aromatic nitrogens is 2. The quantitative estimate of drug-likeness (QED) is 0.600. The summed E-state index contributed by atoms with van der Waals surface area (Å²) in [6, 6.07) is 13.9. The maximum absolute atomic E-state index is 6.32. The Kier molecular flexibility index (Phi) is 3.00. The number of rotatable bonds is 1. The summed E-state index contributed by atoms with van der Waals surface area (Å²) in [6.07, 6.45) is 0. The number of nitrogens with zero attached hydrogens (tertiary/aromatic N) is 2. The molecule has 0 aliphatic rings. The highest BCUT2D eigenvalue weighted by molar-refractivity contribution is 6.36. The number of halogens is 2. The van der Waals surface area contributed by atoms with Gasteiger partial charge in [0.25, 0.3) is 5.82 Å². The average molecular weight is 292 g/mol. The number of benzene rings is 2. The summed E-state index contributed by atoms with van der Waals surface area (Å²) in [5.41, 5.74) is 3.32. The minimum atomic E-state index is 0.648. The van der Waals surface area contributed by atoms with Crippen molar-refractivity contribution in [3.05, 3.63) is 52.5 Å². The monoisotopic (exact) mass is 291 g/mol. The van der Waals surface area contributed by atoms with Gasteiger partial charge in [-0.1, -0.05) is 35.3 Å². The maximum Gasteiger partial charge on any atom is 0.290 e. The molecule has 3 rings (SSSR count). The minimum Gasteiger partial charge on any atom is -0.226 e. The summed E-state index contributed by atoms with van der Waals surface area (Å²) in [5, 5.41) is 1.31. The van der Waals surface area contributed by atoms with Crippen molar-refractivity contribution in [2.45, 2.75) is 0 Å². The number of aryl methyl sites for hydroxylation is 2. The van der Waals surface area contributed by atoms with Gasteiger partial charge in [0.2, 0.25) is 0 Å². The predicted molar refractivity (Wildman–Crippen MR) is 79.6 cm³/mol. The van der Waals surface area contributed by atoms with Gasteiger partial charge >= 0.3 is 0 Å². The number of hydrogen-bond donors (Lipinski definition) is 0. The van der Waals surface area contributed by atoms with E-state index in [0.717, 1.165) is 11.4 Å². The average Bonchev–Trinajstić information content (AvgIpc) is 2.64. The normalized spacial score (nSPS) is 11.2. The van der Waals surface area contributed by atoms with E-state index in [2.05, 4.69) is 21.3 Å². The van der Waals surface area contributed by atoms with Crippen LogP contribution in [0.2, 0.25) is 10.0 Å². The molecule has 3 aromatic rings. The van der Waals surface area contributed by atoms with E-state index in [1.165, 1.54) is 11.0 Å². The summed E-state index contributed by atoms with van der Waals surface area (Å²) in [6.45, 7) is 0. The summed E-state index contributed by atoms with van der Waals surface area (Å²) < 4.78 is 4.29. The van der Waals surface area contributed by atoms with Crippen LogP contribution in [0.15, 0.2) is 42.5 Å². The zero-order valence-corrected chi connectivity index (χ0v) is 12.2. The largest absolute Gasteiger partial charge is 0.290 e. The molecule has 0 fully saturated rings. The Morgan fingerprint density at radius 2 is 1.79 bits per heavy atom. The first-order chi connectivity index (χ1) is 9.09. The van der Waals surface area contributed by atoms with Gasteiger partial charge in [0.05, 0.1) is 24.7 Å². The third-order valence-electron chi connectivity index (χ3n) is 3.41. The van der Waals surface area contributed by atoms with Crippen molar-refractivity contribution in [3.8, 4) is 11.4 Å². The van der Waals surface area contributed by atoms with E-state index >= 15 is 0 Å². The van der Waals surface area contributed by atoms with Gasteiger partial charge in [-0.2, -0.15) is 0 Å². The van der Waals surface area contributed by atoms with Crippen LogP contribution in [0.4, 0.5) is 0 Å². The smallest absolute Gasteiger partial charge is 0.226 e. The van der Waals surface area contributed by atoms with Crippen molar-refractivity contribution < 1.29 is 4.57 Å². The second kappa shape index (κ2) is 4.55. The van der Waals surface area contributed by atoms with Crippen molar-refractivity contribution in [1.82, 2.24) is 4.57 Å². The highest BCUT2D eigenvalue weighted by Crippen LogP contribution is 2.30. The molecule has 2 aromatic carbocycles. The molecule has 0 amide bonds. The molecule has 0 radical (unpaired) electrons. The lowest BCUT2D eigenvalue weighted by molar-refractivity contribution is -0.634. The Balaban J connectivity index is 2.37.